The largest absolute Gasteiger partial charge is 0.480 e. The van der Waals surface area contributed by atoms with Crippen LogP contribution in [0.1, 0.15) is 45.7 Å². The molecule has 196 valence electrons. The Morgan fingerprint density at radius 3 is 2.11 bits per heavy atom. The molecule has 0 radical (unpaired) electrons. The first kappa shape index (κ1) is 29.5. The maximum absolute atomic E-state index is 13.1. The van der Waals surface area contributed by atoms with Crippen LogP contribution < -0.4 is 27.4 Å². The molecule has 14 heteroatoms. The standard InChI is InChI=1S/C21H35N7O7/c1-10(2)6-14(26-18(31)13(22)4-5-16(23)30)19(32)27-15(7-12-8-24-9-25-12)20(33)28-17(11(3)29)21(34)35/h8-11,13-15,17,29H,4-7,22H2,1-3H3,(H2,23,30)(H,24,25)(H,26,31)(H,27,32)(H,28,33)(H,34,35). The molecule has 0 aliphatic heterocycles. The first-order valence-electron chi connectivity index (χ1n) is 11.1. The molecule has 10 N–H and O–H groups in total. The number of carboxylic acids is 1. The normalized spacial score (nSPS) is 15.4. The van der Waals surface area contributed by atoms with Gasteiger partial charge in [-0.1, -0.05) is 13.8 Å². The Hall–Kier alpha value is -3.52. The van der Waals surface area contributed by atoms with Crippen LogP contribution in [0.5, 0.6) is 0 Å². The van der Waals surface area contributed by atoms with Gasteiger partial charge in [0.05, 0.1) is 18.5 Å². The number of aromatic amines is 1. The van der Waals surface area contributed by atoms with Crippen molar-refractivity contribution in [1.29, 1.82) is 0 Å². The van der Waals surface area contributed by atoms with Gasteiger partial charge in [-0.05, 0) is 25.7 Å². The third-order valence-electron chi connectivity index (χ3n) is 5.04. The van der Waals surface area contributed by atoms with Crippen LogP contribution >= 0.6 is 0 Å². The van der Waals surface area contributed by atoms with Gasteiger partial charge in [0.1, 0.15) is 12.1 Å². The van der Waals surface area contributed by atoms with Gasteiger partial charge in [0, 0.05) is 24.7 Å². The van der Waals surface area contributed by atoms with Crippen molar-refractivity contribution in [2.45, 2.75) is 76.7 Å². The second-order valence-corrected chi connectivity index (χ2v) is 8.71. The van der Waals surface area contributed by atoms with E-state index < -0.39 is 59.9 Å². The predicted molar refractivity (Wildman–Crippen MR) is 123 cm³/mol. The van der Waals surface area contributed by atoms with Crippen LogP contribution in [0.2, 0.25) is 0 Å². The average Bonchev–Trinajstić information content (AvgIpc) is 3.26. The number of primary amides is 1. The second kappa shape index (κ2) is 14.0. The lowest BCUT2D eigenvalue weighted by Crippen LogP contribution is -2.59. The van der Waals surface area contributed by atoms with E-state index in [1.807, 2.05) is 13.8 Å². The molecule has 4 amide bonds. The number of aliphatic hydroxyl groups excluding tert-OH is 1. The zero-order valence-corrected chi connectivity index (χ0v) is 20.0. The zero-order chi connectivity index (χ0) is 26.7. The summed E-state index contributed by atoms with van der Waals surface area (Å²) in [5.41, 5.74) is 11.3. The molecule has 0 saturated heterocycles. The van der Waals surface area contributed by atoms with E-state index in [1.54, 1.807) is 0 Å². The molecule has 35 heavy (non-hydrogen) atoms. The molecular weight excluding hydrogens is 462 g/mol. The molecule has 5 atom stereocenters. The number of nitrogens with zero attached hydrogens (tertiary/aromatic N) is 1. The number of carboxylic acid groups (broad SMARTS) is 1. The van der Waals surface area contributed by atoms with E-state index in [1.165, 1.54) is 19.4 Å². The quantitative estimate of drug-likeness (QED) is 0.128. The highest BCUT2D eigenvalue weighted by molar-refractivity contribution is 5.94. The van der Waals surface area contributed by atoms with Crippen molar-refractivity contribution in [1.82, 2.24) is 25.9 Å². The van der Waals surface area contributed by atoms with Crippen LogP contribution in [0.3, 0.4) is 0 Å². The highest BCUT2D eigenvalue weighted by Crippen LogP contribution is 2.08. The molecule has 5 unspecified atom stereocenters. The number of aliphatic hydroxyl groups is 1. The Morgan fingerprint density at radius 2 is 1.63 bits per heavy atom. The van der Waals surface area contributed by atoms with Crippen LogP contribution in [0, 0.1) is 5.92 Å². The summed E-state index contributed by atoms with van der Waals surface area (Å²) < 4.78 is 0. The number of hydrogen-bond acceptors (Lipinski definition) is 8. The Balaban J connectivity index is 3.04. The van der Waals surface area contributed by atoms with E-state index in [0.717, 1.165) is 0 Å². The number of hydrogen-bond donors (Lipinski definition) is 8. The molecule has 0 bridgehead atoms. The molecule has 1 heterocycles. The summed E-state index contributed by atoms with van der Waals surface area (Å²) in [5.74, 6) is -4.31. The molecule has 1 rings (SSSR count). The van der Waals surface area contributed by atoms with Gasteiger partial charge in [-0.25, -0.2) is 9.78 Å². The van der Waals surface area contributed by atoms with Crippen LogP contribution in [-0.2, 0) is 30.4 Å². The lowest BCUT2D eigenvalue weighted by atomic mass is 10.0. The van der Waals surface area contributed by atoms with Crippen molar-refractivity contribution in [2.75, 3.05) is 0 Å². The number of H-pyrrole nitrogens is 1. The summed E-state index contributed by atoms with van der Waals surface area (Å²) in [6.07, 6.45) is 1.45. The Bertz CT molecular complexity index is 873. The maximum Gasteiger partial charge on any atom is 0.328 e. The minimum absolute atomic E-state index is 0.00202. The summed E-state index contributed by atoms with van der Waals surface area (Å²) in [6.45, 7) is 4.86. The van der Waals surface area contributed by atoms with Crippen LogP contribution in [0.15, 0.2) is 12.5 Å². The minimum Gasteiger partial charge on any atom is -0.480 e. The zero-order valence-electron chi connectivity index (χ0n) is 20.0. The number of nitrogens with one attached hydrogen (secondary N) is 4. The number of carbonyl (C=O) groups excluding carboxylic acids is 4. The molecule has 0 aliphatic carbocycles. The monoisotopic (exact) mass is 497 g/mol. The first-order chi connectivity index (χ1) is 16.3. The molecular formula is C21H35N7O7. The molecule has 1 aromatic rings. The van der Waals surface area contributed by atoms with Gasteiger partial charge in [-0.15, -0.1) is 0 Å². The van der Waals surface area contributed by atoms with Gasteiger partial charge >= 0.3 is 5.97 Å². The molecule has 0 saturated carbocycles. The van der Waals surface area contributed by atoms with Crippen molar-refractivity contribution in [3.63, 3.8) is 0 Å². The number of amides is 4. The molecule has 0 aliphatic rings. The molecule has 14 nitrogen and oxygen atoms in total. The average molecular weight is 498 g/mol. The number of aliphatic carboxylic acids is 1. The van der Waals surface area contributed by atoms with Gasteiger partial charge in [0.25, 0.3) is 0 Å². The molecule has 0 spiro atoms. The highest BCUT2D eigenvalue weighted by Gasteiger charge is 2.32. The number of imidazole rings is 1. The minimum atomic E-state index is -1.60. The van der Waals surface area contributed by atoms with Crippen LogP contribution in [-0.4, -0.2) is 80.1 Å². The van der Waals surface area contributed by atoms with E-state index in [2.05, 4.69) is 25.9 Å². The topological polar surface area (TPSA) is 243 Å². The van der Waals surface area contributed by atoms with E-state index in [9.17, 15) is 34.2 Å². The van der Waals surface area contributed by atoms with Gasteiger partial charge in [0.15, 0.2) is 6.04 Å². The predicted octanol–water partition coefficient (Wildman–Crippen LogP) is -2.49. The fourth-order valence-electron chi connectivity index (χ4n) is 3.15. The van der Waals surface area contributed by atoms with Crippen molar-refractivity contribution in [3.8, 4) is 0 Å². The number of aromatic nitrogens is 2. The SMILES string of the molecule is CC(C)CC(NC(=O)C(N)CCC(N)=O)C(=O)NC(Cc1cnc[nH]1)C(=O)NC(C(=O)O)C(C)O. The summed E-state index contributed by atoms with van der Waals surface area (Å²) >= 11 is 0. The number of carbonyl (C=O) groups is 5. The van der Waals surface area contributed by atoms with Gasteiger partial charge in [-0.2, -0.15) is 0 Å². The third-order valence-corrected chi connectivity index (χ3v) is 5.04. The maximum atomic E-state index is 13.1. The second-order valence-electron chi connectivity index (χ2n) is 8.71. The van der Waals surface area contributed by atoms with Crippen molar-refractivity contribution < 1.29 is 34.2 Å². The highest BCUT2D eigenvalue weighted by atomic mass is 16.4. The van der Waals surface area contributed by atoms with Crippen LogP contribution in [0.25, 0.3) is 0 Å². The summed E-state index contributed by atoms with van der Waals surface area (Å²) in [5, 5.41) is 26.2. The lowest BCUT2D eigenvalue weighted by Gasteiger charge is -2.26. The number of rotatable bonds is 15. The molecule has 1 aromatic heterocycles. The van der Waals surface area contributed by atoms with E-state index in [0.29, 0.717) is 5.69 Å². The van der Waals surface area contributed by atoms with Crippen molar-refractivity contribution >= 4 is 29.6 Å². The Labute approximate surface area is 202 Å². The Kier molecular flexibility index (Phi) is 11.8. The number of nitrogens with two attached hydrogens (primary N) is 2. The summed E-state index contributed by atoms with van der Waals surface area (Å²) in [6, 6.07) is -4.99. The van der Waals surface area contributed by atoms with E-state index in [4.69, 9.17) is 11.5 Å². The van der Waals surface area contributed by atoms with E-state index >= 15 is 0 Å². The smallest absolute Gasteiger partial charge is 0.328 e. The fourth-order valence-corrected chi connectivity index (χ4v) is 3.15. The first-order valence-corrected chi connectivity index (χ1v) is 11.1. The molecule has 0 fully saturated rings. The summed E-state index contributed by atoms with van der Waals surface area (Å²) in [4.78, 5) is 67.4. The molecule has 0 aromatic carbocycles. The van der Waals surface area contributed by atoms with Crippen molar-refractivity contribution in [3.05, 3.63) is 18.2 Å². The van der Waals surface area contributed by atoms with E-state index in [-0.39, 0.29) is 31.6 Å². The summed E-state index contributed by atoms with van der Waals surface area (Å²) in [7, 11) is 0. The van der Waals surface area contributed by atoms with Gasteiger partial charge < -0.3 is 42.6 Å². The van der Waals surface area contributed by atoms with Crippen molar-refractivity contribution in [2.24, 2.45) is 17.4 Å². The Morgan fingerprint density at radius 1 is 1.03 bits per heavy atom. The van der Waals surface area contributed by atoms with Gasteiger partial charge in [-0.3, -0.25) is 19.2 Å². The third kappa shape index (κ3) is 10.5. The lowest BCUT2D eigenvalue weighted by molar-refractivity contribution is -0.145. The van der Waals surface area contributed by atoms with Crippen LogP contribution in [0.4, 0.5) is 0 Å². The fraction of sp³-hybridized carbons (Fsp3) is 0.619. The van der Waals surface area contributed by atoms with Gasteiger partial charge in [0.2, 0.25) is 23.6 Å².